The number of rotatable bonds is 8. The maximum atomic E-state index is 13.9. The van der Waals surface area contributed by atoms with E-state index in [0.717, 1.165) is 52.9 Å². The number of carbonyl (C=O) groups excluding carboxylic acids is 2. The normalized spacial score (nSPS) is 27.5. The van der Waals surface area contributed by atoms with Crippen LogP contribution >= 0.6 is 11.8 Å². The molecule has 0 radical (unpaired) electrons. The van der Waals surface area contributed by atoms with Crippen molar-refractivity contribution in [3.05, 3.63) is 63.2 Å². The second-order valence-electron chi connectivity index (χ2n) is 12.6. The lowest BCUT2D eigenvalue weighted by Gasteiger charge is -2.64. The number of pyridine rings is 1. The fraction of sp³-hybridized carbons (Fsp3) is 0.531. The SMILES string of the molecule is CSc1cc(C)[nH]c(=O)c1CNC(=O)c1c(C)n(C(C)C2CCC(NC(=O)C34CC(F)(C3)C4)CC2)c2ccccc12. The third-order valence-electron chi connectivity index (χ3n) is 9.90. The van der Waals surface area contributed by atoms with Gasteiger partial charge in [-0.25, -0.2) is 4.39 Å². The van der Waals surface area contributed by atoms with E-state index < -0.39 is 11.1 Å². The van der Waals surface area contributed by atoms with E-state index in [1.165, 1.54) is 11.8 Å². The highest BCUT2D eigenvalue weighted by Crippen LogP contribution is 2.69. The molecule has 9 heteroatoms. The van der Waals surface area contributed by atoms with Crippen molar-refractivity contribution in [2.24, 2.45) is 11.3 Å². The first-order valence-corrected chi connectivity index (χ1v) is 15.9. The van der Waals surface area contributed by atoms with E-state index in [1.807, 2.05) is 44.4 Å². The van der Waals surface area contributed by atoms with Gasteiger partial charge in [0.2, 0.25) is 5.91 Å². The molecule has 1 aromatic carbocycles. The number of alkyl halides is 1. The molecule has 4 aliphatic carbocycles. The Morgan fingerprint density at radius 2 is 1.83 bits per heavy atom. The summed E-state index contributed by atoms with van der Waals surface area (Å²) in [6, 6.07) is 10.3. The number of thioether (sulfide) groups is 1. The van der Waals surface area contributed by atoms with Crippen LogP contribution in [-0.2, 0) is 11.3 Å². The number of aromatic amines is 1. The van der Waals surface area contributed by atoms with Gasteiger partial charge in [-0.1, -0.05) is 18.2 Å². The molecule has 2 amide bonds. The monoisotopic (exact) mass is 578 g/mol. The van der Waals surface area contributed by atoms with Crippen LogP contribution in [0.4, 0.5) is 4.39 Å². The summed E-state index contributed by atoms with van der Waals surface area (Å²) in [5, 5.41) is 7.15. The van der Waals surface area contributed by atoms with Gasteiger partial charge in [0, 0.05) is 51.4 Å². The molecule has 0 spiro atoms. The number of carbonyl (C=O) groups is 2. The number of aryl methyl sites for hydroxylation is 1. The molecule has 1 atom stereocenters. The molecule has 7 rings (SSSR count). The maximum absolute atomic E-state index is 13.9. The first-order valence-electron chi connectivity index (χ1n) is 14.7. The molecule has 41 heavy (non-hydrogen) atoms. The zero-order valence-corrected chi connectivity index (χ0v) is 25.1. The standard InChI is InChI=1S/C32H39FN4O3S/c1-18-13-26(41-4)24(28(38)35-18)14-34-29(39)27-20(3)37(25-8-6-5-7-23(25)27)19(2)21-9-11-22(12-10-21)36-30(40)31-15-32(33,16-31)17-31/h5-8,13,19,21-22H,9-12,14-17H2,1-4H3,(H,34,39)(H,35,38)(H,36,40). The Balaban J connectivity index is 1.16. The van der Waals surface area contributed by atoms with Crippen LogP contribution in [0.1, 0.15) is 85.2 Å². The first kappa shape index (κ1) is 28.1. The molecule has 2 heterocycles. The van der Waals surface area contributed by atoms with Crippen molar-refractivity contribution in [1.82, 2.24) is 20.2 Å². The van der Waals surface area contributed by atoms with E-state index in [9.17, 15) is 18.8 Å². The third-order valence-corrected chi connectivity index (χ3v) is 10.7. The Morgan fingerprint density at radius 1 is 1.15 bits per heavy atom. The molecule has 218 valence electrons. The Bertz CT molecular complexity index is 1570. The van der Waals surface area contributed by atoms with E-state index in [4.69, 9.17) is 0 Å². The van der Waals surface area contributed by atoms with Gasteiger partial charge in [0.05, 0.1) is 11.0 Å². The van der Waals surface area contributed by atoms with Gasteiger partial charge in [-0.15, -0.1) is 11.8 Å². The molecule has 0 aliphatic heterocycles. The number of benzene rings is 1. The summed E-state index contributed by atoms with van der Waals surface area (Å²) in [5.41, 5.74) is 2.28. The van der Waals surface area contributed by atoms with Crippen molar-refractivity contribution in [3.8, 4) is 0 Å². The average Bonchev–Trinajstić information content (AvgIpc) is 3.21. The molecule has 0 saturated heterocycles. The Labute approximate surface area is 244 Å². The van der Waals surface area contributed by atoms with Gasteiger partial charge in [-0.3, -0.25) is 14.4 Å². The highest BCUT2D eigenvalue weighted by Gasteiger charge is 2.72. The number of hydrogen-bond donors (Lipinski definition) is 3. The topological polar surface area (TPSA) is 96.0 Å². The largest absolute Gasteiger partial charge is 0.353 e. The minimum atomic E-state index is -1.06. The maximum Gasteiger partial charge on any atom is 0.254 e. The second-order valence-corrected chi connectivity index (χ2v) is 13.5. The second kappa shape index (κ2) is 10.3. The van der Waals surface area contributed by atoms with Gasteiger partial charge >= 0.3 is 0 Å². The number of para-hydroxylation sites is 1. The molecular formula is C32H39FN4O3S. The number of aromatic nitrogens is 2. The van der Waals surface area contributed by atoms with E-state index >= 15 is 0 Å². The highest BCUT2D eigenvalue weighted by atomic mass is 32.2. The smallest absolute Gasteiger partial charge is 0.254 e. The van der Waals surface area contributed by atoms with Gasteiger partial charge in [-0.2, -0.15) is 0 Å². The van der Waals surface area contributed by atoms with Crippen molar-refractivity contribution < 1.29 is 14.0 Å². The van der Waals surface area contributed by atoms with Crippen LogP contribution in [0.25, 0.3) is 10.9 Å². The molecular weight excluding hydrogens is 539 g/mol. The number of amides is 2. The number of nitrogens with one attached hydrogen (secondary N) is 3. The summed E-state index contributed by atoms with van der Waals surface area (Å²) >= 11 is 1.50. The third kappa shape index (κ3) is 4.80. The number of halogens is 1. The summed E-state index contributed by atoms with van der Waals surface area (Å²) in [4.78, 5) is 42.7. The molecule has 7 nitrogen and oxygen atoms in total. The minimum Gasteiger partial charge on any atom is -0.353 e. The molecule has 3 N–H and O–H groups in total. The summed E-state index contributed by atoms with van der Waals surface area (Å²) in [5.74, 6) is 0.272. The number of nitrogens with zero attached hydrogens (tertiary/aromatic N) is 1. The summed E-state index contributed by atoms with van der Waals surface area (Å²) in [6.07, 6.45) is 6.90. The first-order chi connectivity index (χ1) is 19.5. The van der Waals surface area contributed by atoms with Crippen molar-refractivity contribution in [2.75, 3.05) is 6.26 Å². The molecule has 1 unspecified atom stereocenters. The van der Waals surface area contributed by atoms with Crippen molar-refractivity contribution in [2.45, 2.75) is 94.9 Å². The molecule has 4 fully saturated rings. The Hall–Kier alpha value is -3.07. The summed E-state index contributed by atoms with van der Waals surface area (Å²) < 4.78 is 16.2. The van der Waals surface area contributed by atoms with Crippen LogP contribution in [-0.4, -0.2) is 39.3 Å². The van der Waals surface area contributed by atoms with Crippen molar-refractivity contribution in [1.29, 1.82) is 0 Å². The Kier molecular flexibility index (Phi) is 7.07. The molecule has 4 aliphatic rings. The van der Waals surface area contributed by atoms with E-state index in [1.54, 1.807) is 0 Å². The lowest BCUT2D eigenvalue weighted by molar-refractivity contribution is -0.214. The number of fused-ring (bicyclic) bond motifs is 1. The van der Waals surface area contributed by atoms with Gasteiger partial charge in [0.25, 0.3) is 11.5 Å². The van der Waals surface area contributed by atoms with E-state index in [0.29, 0.717) is 36.3 Å². The lowest BCUT2D eigenvalue weighted by Crippen LogP contribution is -2.70. The van der Waals surface area contributed by atoms with Crippen LogP contribution in [0, 0.1) is 25.2 Å². The predicted molar refractivity (Wildman–Crippen MR) is 160 cm³/mol. The van der Waals surface area contributed by atoms with Crippen LogP contribution in [0.3, 0.4) is 0 Å². The zero-order chi connectivity index (χ0) is 29.1. The van der Waals surface area contributed by atoms with Gasteiger partial charge in [-0.05, 0) is 90.0 Å². The summed E-state index contributed by atoms with van der Waals surface area (Å²) in [7, 11) is 0. The average molecular weight is 579 g/mol. The lowest BCUT2D eigenvalue weighted by atomic mass is 9.42. The van der Waals surface area contributed by atoms with Gasteiger partial charge < -0.3 is 20.2 Å². The van der Waals surface area contributed by atoms with Crippen molar-refractivity contribution in [3.63, 3.8) is 0 Å². The molecule has 3 aromatic rings. The van der Waals surface area contributed by atoms with Gasteiger partial charge in [0.1, 0.15) is 5.67 Å². The zero-order valence-electron chi connectivity index (χ0n) is 24.2. The minimum absolute atomic E-state index is 0.0497. The fourth-order valence-corrected chi connectivity index (χ4v) is 8.40. The molecule has 2 bridgehead atoms. The van der Waals surface area contributed by atoms with Gasteiger partial charge in [0.15, 0.2) is 0 Å². The van der Waals surface area contributed by atoms with Crippen LogP contribution in [0.2, 0.25) is 0 Å². The van der Waals surface area contributed by atoms with Crippen molar-refractivity contribution >= 4 is 34.5 Å². The Morgan fingerprint density at radius 3 is 2.49 bits per heavy atom. The van der Waals surface area contributed by atoms with Crippen LogP contribution in [0.15, 0.2) is 40.0 Å². The molecule has 4 saturated carbocycles. The summed E-state index contributed by atoms with van der Waals surface area (Å²) in [6.45, 7) is 6.24. The van der Waals surface area contributed by atoms with Crippen LogP contribution < -0.4 is 16.2 Å². The van der Waals surface area contributed by atoms with Crippen LogP contribution in [0.5, 0.6) is 0 Å². The number of hydrogen-bond acceptors (Lipinski definition) is 4. The van der Waals surface area contributed by atoms with E-state index in [2.05, 4.69) is 33.2 Å². The molecule has 2 aromatic heterocycles. The quantitative estimate of drug-likeness (QED) is 0.298. The predicted octanol–water partition coefficient (Wildman–Crippen LogP) is 5.73. The number of H-pyrrole nitrogens is 1. The highest BCUT2D eigenvalue weighted by molar-refractivity contribution is 7.98. The fourth-order valence-electron chi connectivity index (χ4n) is 7.70. The van der Waals surface area contributed by atoms with E-state index in [-0.39, 0.29) is 36.0 Å².